The zero-order valence-electron chi connectivity index (χ0n) is 23.4. The molecule has 0 spiro atoms. The van der Waals surface area contributed by atoms with Crippen molar-refractivity contribution in [2.24, 2.45) is 17.3 Å². The molecule has 1 aliphatic carbocycles. The van der Waals surface area contributed by atoms with Crippen LogP contribution < -0.4 is 4.74 Å². The first-order valence-corrected chi connectivity index (χ1v) is 14.4. The van der Waals surface area contributed by atoms with Gasteiger partial charge in [0.2, 0.25) is 0 Å². The SMILES string of the molecule is CCOC(=O)C1CCN(C(CC)CC(CC)c2ccc(OC3CCC(C(C)(C)C)CC3)cc2)CC1. The van der Waals surface area contributed by atoms with Gasteiger partial charge in [-0.3, -0.25) is 4.79 Å². The molecule has 198 valence electrons. The molecule has 2 fully saturated rings. The Morgan fingerprint density at radius 2 is 1.57 bits per heavy atom. The van der Waals surface area contributed by atoms with Crippen LogP contribution in [-0.2, 0) is 9.53 Å². The summed E-state index contributed by atoms with van der Waals surface area (Å²) in [6.45, 7) is 16.1. The van der Waals surface area contributed by atoms with E-state index in [1.165, 1.54) is 37.7 Å². The normalized spacial score (nSPS) is 24.1. The lowest BCUT2D eigenvalue weighted by atomic mass is 9.72. The third-order valence-electron chi connectivity index (χ3n) is 8.74. The van der Waals surface area contributed by atoms with E-state index < -0.39 is 0 Å². The second-order valence-corrected chi connectivity index (χ2v) is 12.0. The molecule has 4 heteroatoms. The first kappa shape index (κ1) is 28.0. The lowest BCUT2D eigenvalue weighted by Crippen LogP contribution is -2.43. The highest BCUT2D eigenvalue weighted by Gasteiger charge is 2.31. The standard InChI is InChI=1S/C31H51NO3/c1-7-23(22-27(8-2)32-20-18-25(19-21-32)30(33)34-9-3)24-10-14-28(15-11-24)35-29-16-12-26(13-17-29)31(4,5)6/h10-11,14-15,23,25-27,29H,7-9,12-13,16-22H2,1-6H3. The van der Waals surface area contributed by atoms with Crippen molar-refractivity contribution in [3.8, 4) is 5.75 Å². The second kappa shape index (κ2) is 13.1. The van der Waals surface area contributed by atoms with Crippen molar-refractivity contribution >= 4 is 5.97 Å². The maximum absolute atomic E-state index is 12.1. The van der Waals surface area contributed by atoms with Crippen molar-refractivity contribution in [1.82, 2.24) is 4.90 Å². The van der Waals surface area contributed by atoms with Gasteiger partial charge in [0.05, 0.1) is 18.6 Å². The summed E-state index contributed by atoms with van der Waals surface area (Å²) in [5.41, 5.74) is 1.84. The Morgan fingerprint density at radius 3 is 2.09 bits per heavy atom. The molecule has 4 nitrogen and oxygen atoms in total. The summed E-state index contributed by atoms with van der Waals surface area (Å²) in [6, 6.07) is 9.55. The van der Waals surface area contributed by atoms with Crippen LogP contribution in [0.4, 0.5) is 0 Å². The van der Waals surface area contributed by atoms with Gasteiger partial charge in [0.15, 0.2) is 0 Å². The molecule has 3 rings (SSSR count). The van der Waals surface area contributed by atoms with Crippen LogP contribution in [0.25, 0.3) is 0 Å². The summed E-state index contributed by atoms with van der Waals surface area (Å²) in [4.78, 5) is 14.7. The number of carbonyl (C=O) groups is 1. The molecule has 0 aromatic heterocycles. The van der Waals surface area contributed by atoms with E-state index in [4.69, 9.17) is 9.47 Å². The minimum Gasteiger partial charge on any atom is -0.490 e. The van der Waals surface area contributed by atoms with Crippen molar-refractivity contribution in [2.75, 3.05) is 19.7 Å². The molecule has 0 N–H and O–H groups in total. The van der Waals surface area contributed by atoms with Gasteiger partial charge < -0.3 is 14.4 Å². The van der Waals surface area contributed by atoms with Gasteiger partial charge in [-0.1, -0.05) is 46.8 Å². The van der Waals surface area contributed by atoms with Gasteiger partial charge in [0.1, 0.15) is 5.75 Å². The quantitative estimate of drug-likeness (QED) is 0.320. The van der Waals surface area contributed by atoms with E-state index in [-0.39, 0.29) is 11.9 Å². The van der Waals surface area contributed by atoms with Crippen LogP contribution in [0.5, 0.6) is 5.75 Å². The molecule has 1 saturated carbocycles. The number of ether oxygens (including phenoxy) is 2. The highest BCUT2D eigenvalue weighted by atomic mass is 16.5. The van der Waals surface area contributed by atoms with Crippen LogP contribution >= 0.6 is 0 Å². The average molecular weight is 486 g/mol. The van der Waals surface area contributed by atoms with Crippen LogP contribution in [0.3, 0.4) is 0 Å². The van der Waals surface area contributed by atoms with Crippen molar-refractivity contribution in [3.05, 3.63) is 29.8 Å². The Kier molecular flexibility index (Phi) is 10.5. The molecule has 1 aromatic carbocycles. The zero-order valence-corrected chi connectivity index (χ0v) is 23.4. The molecule has 2 aliphatic rings. The van der Waals surface area contributed by atoms with Gasteiger partial charge in [0.25, 0.3) is 0 Å². The van der Waals surface area contributed by atoms with Gasteiger partial charge in [0, 0.05) is 6.04 Å². The van der Waals surface area contributed by atoms with E-state index in [0.29, 0.717) is 30.1 Å². The van der Waals surface area contributed by atoms with Gasteiger partial charge in [-0.25, -0.2) is 0 Å². The number of likely N-dealkylation sites (tertiary alicyclic amines) is 1. The van der Waals surface area contributed by atoms with Crippen LogP contribution in [0.2, 0.25) is 0 Å². The summed E-state index contributed by atoms with van der Waals surface area (Å²) in [7, 11) is 0. The van der Waals surface area contributed by atoms with Crippen LogP contribution in [0, 0.1) is 17.3 Å². The first-order valence-electron chi connectivity index (χ1n) is 14.4. The van der Waals surface area contributed by atoms with Crippen molar-refractivity contribution in [2.45, 2.75) is 117 Å². The Hall–Kier alpha value is -1.55. The molecule has 0 bridgehead atoms. The number of carbonyl (C=O) groups excluding carboxylic acids is 1. The molecular formula is C31H51NO3. The molecule has 1 aromatic rings. The van der Waals surface area contributed by atoms with Gasteiger partial charge >= 0.3 is 5.97 Å². The minimum atomic E-state index is -0.00353. The number of hydrogen-bond acceptors (Lipinski definition) is 4. The Labute approximate surface area is 215 Å². The van der Waals surface area contributed by atoms with E-state index >= 15 is 0 Å². The molecule has 0 radical (unpaired) electrons. The third kappa shape index (κ3) is 7.97. The number of piperidine rings is 1. The Balaban J connectivity index is 1.51. The Bertz CT molecular complexity index is 752. The number of hydrogen-bond donors (Lipinski definition) is 0. The van der Waals surface area contributed by atoms with Gasteiger partial charge in [-0.15, -0.1) is 0 Å². The first-order chi connectivity index (χ1) is 16.7. The Morgan fingerprint density at radius 1 is 0.943 bits per heavy atom. The van der Waals surface area contributed by atoms with Crippen molar-refractivity contribution in [1.29, 1.82) is 0 Å². The highest BCUT2D eigenvalue weighted by molar-refractivity contribution is 5.72. The molecule has 0 amide bonds. The largest absolute Gasteiger partial charge is 0.490 e. The van der Waals surface area contributed by atoms with Crippen LogP contribution in [-0.4, -0.2) is 42.7 Å². The molecule has 2 atom stereocenters. The maximum atomic E-state index is 12.1. The molecule has 1 heterocycles. The van der Waals surface area contributed by atoms with Gasteiger partial charge in [-0.05, 0) is 113 Å². The minimum absolute atomic E-state index is 0.00353. The highest BCUT2D eigenvalue weighted by Crippen LogP contribution is 2.39. The summed E-state index contributed by atoms with van der Waals surface area (Å²) in [6.07, 6.45) is 10.6. The molecular weight excluding hydrogens is 434 g/mol. The van der Waals surface area contributed by atoms with E-state index in [0.717, 1.165) is 50.4 Å². The number of nitrogens with zero attached hydrogens (tertiary/aromatic N) is 1. The second-order valence-electron chi connectivity index (χ2n) is 12.0. The fraction of sp³-hybridized carbons (Fsp3) is 0.774. The van der Waals surface area contributed by atoms with E-state index in [1.807, 2.05) is 6.92 Å². The molecule has 1 saturated heterocycles. The summed E-state index contributed by atoms with van der Waals surface area (Å²) < 4.78 is 11.6. The van der Waals surface area contributed by atoms with Crippen molar-refractivity contribution in [3.63, 3.8) is 0 Å². The fourth-order valence-corrected chi connectivity index (χ4v) is 6.26. The lowest BCUT2D eigenvalue weighted by Gasteiger charge is -2.38. The average Bonchev–Trinajstić information content (AvgIpc) is 2.86. The van der Waals surface area contributed by atoms with Crippen molar-refractivity contribution < 1.29 is 14.3 Å². The lowest BCUT2D eigenvalue weighted by molar-refractivity contribution is -0.149. The topological polar surface area (TPSA) is 38.8 Å². The van der Waals surface area contributed by atoms with Crippen LogP contribution in [0.1, 0.15) is 111 Å². The van der Waals surface area contributed by atoms with E-state index in [9.17, 15) is 4.79 Å². The molecule has 35 heavy (non-hydrogen) atoms. The van der Waals surface area contributed by atoms with E-state index in [2.05, 4.69) is 63.8 Å². The zero-order chi connectivity index (χ0) is 25.4. The number of esters is 1. The third-order valence-corrected chi connectivity index (χ3v) is 8.74. The fourth-order valence-electron chi connectivity index (χ4n) is 6.26. The summed E-state index contributed by atoms with van der Waals surface area (Å²) in [5.74, 6) is 2.48. The molecule has 2 unspecified atom stereocenters. The van der Waals surface area contributed by atoms with Crippen LogP contribution in [0.15, 0.2) is 24.3 Å². The number of benzene rings is 1. The summed E-state index contributed by atoms with van der Waals surface area (Å²) >= 11 is 0. The summed E-state index contributed by atoms with van der Waals surface area (Å²) in [5, 5.41) is 0. The monoisotopic (exact) mass is 485 g/mol. The predicted molar refractivity (Wildman–Crippen MR) is 145 cm³/mol. The van der Waals surface area contributed by atoms with E-state index in [1.54, 1.807) is 0 Å². The van der Waals surface area contributed by atoms with Gasteiger partial charge in [-0.2, -0.15) is 0 Å². The number of rotatable bonds is 10. The maximum Gasteiger partial charge on any atom is 0.309 e. The smallest absolute Gasteiger partial charge is 0.309 e. The predicted octanol–water partition coefficient (Wildman–Crippen LogP) is 7.61. The molecule has 1 aliphatic heterocycles.